The fraction of sp³-hybridized carbons (Fsp3) is 0. The van der Waals surface area contributed by atoms with Crippen molar-refractivity contribution in [3.05, 3.63) is 0 Å². The molecule has 0 aromatic rings. The molecule has 0 fully saturated rings. The Balaban J connectivity index is -0.0000000128. The zero-order valence-corrected chi connectivity index (χ0v) is 10.1. The number of rotatable bonds is 0. The third-order valence-corrected chi connectivity index (χ3v) is 0. The van der Waals surface area contributed by atoms with Crippen molar-refractivity contribution in [3.63, 3.8) is 0 Å². The summed E-state index contributed by atoms with van der Waals surface area (Å²) in [6.07, 6.45) is 0. The van der Waals surface area contributed by atoms with E-state index >= 15 is 0 Å². The van der Waals surface area contributed by atoms with Crippen molar-refractivity contribution in [1.29, 1.82) is 0 Å². The molecule has 0 aliphatic rings. The van der Waals surface area contributed by atoms with Gasteiger partial charge in [-0.2, -0.15) is 28.0 Å². The zero-order chi connectivity index (χ0) is 9.00. The summed E-state index contributed by atoms with van der Waals surface area (Å²) in [5, 5.41) is 0. The first-order chi connectivity index (χ1) is 4.00. The van der Waals surface area contributed by atoms with E-state index in [1.54, 1.807) is 0 Å². The average Bonchev–Trinajstić information content (AvgIpc) is 1.12. The molecule has 0 heterocycles. The number of hydrogen-bond donors (Lipinski definition) is 2. The summed E-state index contributed by atoms with van der Waals surface area (Å²) in [4.78, 5) is 0. The van der Waals surface area contributed by atoms with Crippen molar-refractivity contribution >= 4 is 103 Å². The summed E-state index contributed by atoms with van der Waals surface area (Å²) in [6.45, 7) is 0. The molecule has 14 heteroatoms. The Kier molecular flexibility index (Phi) is 46.6. The quantitative estimate of drug-likeness (QED) is 0.359. The molecule has 0 amide bonds. The van der Waals surface area contributed by atoms with Crippen LogP contribution in [0.1, 0.15) is 1.43 Å². The Morgan fingerprint density at radius 3 is 0.714 bits per heavy atom. The van der Waals surface area contributed by atoms with Crippen LogP contribution in [0, 0.1) is 20.5 Å². The molecule has 14 heavy (non-hydrogen) atoms. The van der Waals surface area contributed by atoms with Crippen LogP contribution < -0.4 is 28.0 Å². The zero-order valence-electron chi connectivity index (χ0n) is 6.01. The standard InChI is InChI=1S/2ClHO4.2K.Mo.Ti.3H/c2*2-1(3,4)5;;;;;;;/h2*(H,2,3,4,5);;;;;;;/q;;;;;+4;;;-1. The van der Waals surface area contributed by atoms with Gasteiger partial charge in [0, 0.05) is 21.1 Å². The van der Waals surface area contributed by atoms with Gasteiger partial charge in [-0.1, -0.05) is 0 Å². The van der Waals surface area contributed by atoms with Gasteiger partial charge in [-0.25, -0.2) is 0 Å². The van der Waals surface area contributed by atoms with Gasteiger partial charge in [-0.3, -0.25) is 0 Å². The van der Waals surface area contributed by atoms with Gasteiger partial charge in [0.25, 0.3) is 0 Å². The van der Waals surface area contributed by atoms with Gasteiger partial charge in [-0.15, -0.1) is 0 Å². The molecule has 0 aliphatic carbocycles. The molecule has 8 nitrogen and oxygen atoms in total. The van der Waals surface area contributed by atoms with E-state index in [1.165, 1.54) is 0 Å². The first-order valence-corrected chi connectivity index (χ1v) is 3.79. The fourth-order valence-corrected chi connectivity index (χ4v) is 0. The molecule has 0 unspecified atom stereocenters. The Labute approximate surface area is 199 Å². The van der Waals surface area contributed by atoms with Crippen LogP contribution in [0.2, 0.25) is 0 Å². The Bertz CT molecular complexity index is 73.6. The Morgan fingerprint density at radius 1 is 0.714 bits per heavy atom. The van der Waals surface area contributed by atoms with E-state index in [9.17, 15) is 0 Å². The molecule has 2 N–H and O–H groups in total. The van der Waals surface area contributed by atoms with E-state index in [0.29, 0.717) is 0 Å². The van der Waals surface area contributed by atoms with E-state index in [2.05, 4.69) is 0 Å². The van der Waals surface area contributed by atoms with Crippen LogP contribution in [0.25, 0.3) is 0 Å². The summed E-state index contributed by atoms with van der Waals surface area (Å²) in [5.74, 6) is 0. The van der Waals surface area contributed by atoms with E-state index in [1.807, 2.05) is 0 Å². The molecule has 0 saturated heterocycles. The van der Waals surface area contributed by atoms with E-state index < -0.39 is 20.5 Å². The predicted molar refractivity (Wildman–Crippen MR) is 19.8 cm³/mol. The summed E-state index contributed by atoms with van der Waals surface area (Å²) in [7, 11) is -9.39. The Hall–Kier alpha value is 4.94. The van der Waals surface area contributed by atoms with Crippen molar-refractivity contribution in [2.75, 3.05) is 0 Å². The fourth-order valence-electron chi connectivity index (χ4n) is 0. The first kappa shape index (κ1) is 36.4. The molecule has 0 aromatic heterocycles. The van der Waals surface area contributed by atoms with Crippen molar-refractivity contribution in [2.24, 2.45) is 0 Å². The van der Waals surface area contributed by atoms with Gasteiger partial charge in [0.15, 0.2) is 0 Å². The van der Waals surface area contributed by atoms with Gasteiger partial charge in [-0.05, 0) is 0 Å². The molecule has 0 spiro atoms. The van der Waals surface area contributed by atoms with Crippen LogP contribution in [-0.2, 0) is 42.8 Å². The molecule has 0 radical (unpaired) electrons. The van der Waals surface area contributed by atoms with Crippen molar-refractivity contribution in [1.82, 2.24) is 0 Å². The molecule has 0 atom stereocenters. The summed E-state index contributed by atoms with van der Waals surface area (Å²) >= 11 is 0. The van der Waals surface area contributed by atoms with Crippen LogP contribution in [0.15, 0.2) is 0 Å². The third kappa shape index (κ3) is 177. The molecule has 76 valence electrons. The minimum atomic E-state index is -4.69. The Morgan fingerprint density at radius 2 is 0.714 bits per heavy atom. The first-order valence-electron chi connectivity index (χ1n) is 1.26. The van der Waals surface area contributed by atoms with Gasteiger partial charge in [0.1, 0.15) is 0 Å². The maximum Gasteiger partial charge on any atom is 4.00 e. The molecule has 0 aromatic carbocycles. The molecular formula is H5Cl2K2MoO8Ti+3. The van der Waals surface area contributed by atoms with E-state index in [0.717, 1.165) is 0 Å². The van der Waals surface area contributed by atoms with Gasteiger partial charge in [0.2, 0.25) is 0 Å². The van der Waals surface area contributed by atoms with Crippen molar-refractivity contribution in [3.8, 4) is 0 Å². The van der Waals surface area contributed by atoms with Crippen LogP contribution in [0.3, 0.4) is 0 Å². The SMILES string of the molecule is [H-].[KH].[KH].[Mo].[O-][Cl+3]([O-])([O-])O.[O-][Cl+3]([O-])([O-])O.[Ti+4]. The predicted octanol–water partition coefficient (Wildman–Crippen LogP) is -9.44. The normalized spacial score (nSPS) is 8.57. The van der Waals surface area contributed by atoms with Gasteiger partial charge >= 0.3 is 124 Å². The minimum Gasteiger partial charge on any atom is -0.183 e. The third-order valence-electron chi connectivity index (χ3n) is 0. The molecule has 0 rings (SSSR count). The average molecular weight is 426 g/mol. The molecular weight excluding hydrogens is 421 g/mol. The maximum absolute atomic E-state index is 8.60. The van der Waals surface area contributed by atoms with Crippen LogP contribution in [-0.4, -0.2) is 112 Å². The smallest absolute Gasteiger partial charge is 0.183 e. The summed E-state index contributed by atoms with van der Waals surface area (Å²) < 4.78 is 65.4. The second kappa shape index (κ2) is 17.9. The maximum atomic E-state index is 8.60. The molecule has 0 aliphatic heterocycles. The second-order valence-electron chi connectivity index (χ2n) is 0.792. The van der Waals surface area contributed by atoms with Crippen molar-refractivity contribution < 1.29 is 102 Å². The molecule has 0 bridgehead atoms. The van der Waals surface area contributed by atoms with Gasteiger partial charge < -0.3 is 1.43 Å². The molecule has 0 saturated carbocycles. The number of halogens is 2. The number of hydrogen-bond acceptors (Lipinski definition) is 8. The van der Waals surface area contributed by atoms with Crippen molar-refractivity contribution in [2.45, 2.75) is 0 Å². The van der Waals surface area contributed by atoms with Gasteiger partial charge in [0.05, 0.1) is 29.8 Å². The van der Waals surface area contributed by atoms with E-state index in [-0.39, 0.29) is 147 Å². The van der Waals surface area contributed by atoms with E-state index in [4.69, 9.17) is 37.3 Å². The second-order valence-corrected chi connectivity index (χ2v) is 2.38. The minimum absolute atomic E-state index is 0. The largest absolute Gasteiger partial charge is 4.00 e. The summed E-state index contributed by atoms with van der Waals surface area (Å²) in [5.41, 5.74) is 0. The van der Waals surface area contributed by atoms with Crippen LogP contribution >= 0.6 is 0 Å². The monoisotopic (exact) mass is 427 g/mol. The van der Waals surface area contributed by atoms with Crippen LogP contribution in [0.5, 0.6) is 0 Å². The summed E-state index contributed by atoms with van der Waals surface area (Å²) in [6, 6.07) is 0. The topological polar surface area (TPSA) is 179 Å². The van der Waals surface area contributed by atoms with Crippen LogP contribution in [0.4, 0.5) is 0 Å².